The number of hydrogen-bond donors (Lipinski definition) is 2. The van der Waals surface area contributed by atoms with E-state index in [0.717, 1.165) is 31.4 Å². The number of halogens is 1. The third kappa shape index (κ3) is 4.45. The normalized spacial score (nSPS) is 23.6. The molecule has 0 aliphatic carbocycles. The van der Waals surface area contributed by atoms with Gasteiger partial charge >= 0.3 is 0 Å². The van der Waals surface area contributed by atoms with Gasteiger partial charge in [0.25, 0.3) is 0 Å². The van der Waals surface area contributed by atoms with E-state index in [1.54, 1.807) is 0 Å². The third-order valence-corrected chi connectivity index (χ3v) is 4.62. The molecule has 1 heterocycles. The van der Waals surface area contributed by atoms with E-state index in [-0.39, 0.29) is 18.0 Å². The molecule has 0 spiro atoms. The lowest BCUT2D eigenvalue weighted by Gasteiger charge is -2.30. The quantitative estimate of drug-likeness (QED) is 0.871. The van der Waals surface area contributed by atoms with Crippen LogP contribution < -0.4 is 10.6 Å². The molecule has 1 saturated heterocycles. The molecule has 1 aliphatic rings. The average molecular weight is 309 g/mol. The van der Waals surface area contributed by atoms with Crippen molar-refractivity contribution in [3.8, 4) is 0 Å². The third-order valence-electron chi connectivity index (χ3n) is 4.38. The van der Waals surface area contributed by atoms with Gasteiger partial charge < -0.3 is 10.6 Å². The SMILES string of the molecule is CCC1CCNC(C(=O)NC(CC)c2cccc(Cl)c2)C1. The average Bonchev–Trinajstić information content (AvgIpc) is 2.52. The molecule has 0 aromatic heterocycles. The number of carbonyl (C=O) groups excluding carboxylic acids is 1. The van der Waals surface area contributed by atoms with Crippen molar-refractivity contribution < 1.29 is 4.79 Å². The number of hydrogen-bond acceptors (Lipinski definition) is 2. The first-order valence-electron chi connectivity index (χ1n) is 7.93. The largest absolute Gasteiger partial charge is 0.348 e. The maximum Gasteiger partial charge on any atom is 0.237 e. The van der Waals surface area contributed by atoms with E-state index in [1.807, 2.05) is 24.3 Å². The molecule has 2 N–H and O–H groups in total. The van der Waals surface area contributed by atoms with E-state index < -0.39 is 0 Å². The van der Waals surface area contributed by atoms with Crippen molar-refractivity contribution in [1.29, 1.82) is 0 Å². The Labute approximate surface area is 132 Å². The number of piperidine rings is 1. The van der Waals surface area contributed by atoms with E-state index in [1.165, 1.54) is 6.42 Å². The van der Waals surface area contributed by atoms with E-state index >= 15 is 0 Å². The van der Waals surface area contributed by atoms with E-state index in [2.05, 4.69) is 24.5 Å². The fourth-order valence-corrected chi connectivity index (χ4v) is 3.18. The number of nitrogens with one attached hydrogen (secondary N) is 2. The summed E-state index contributed by atoms with van der Waals surface area (Å²) in [6.45, 7) is 5.21. The number of amides is 1. The first kappa shape index (κ1) is 16.3. The molecule has 0 radical (unpaired) electrons. The predicted molar refractivity (Wildman–Crippen MR) is 87.4 cm³/mol. The number of rotatable bonds is 5. The van der Waals surface area contributed by atoms with Crippen molar-refractivity contribution >= 4 is 17.5 Å². The van der Waals surface area contributed by atoms with Gasteiger partial charge in [-0.1, -0.05) is 44.0 Å². The molecular weight excluding hydrogens is 284 g/mol. The Morgan fingerprint density at radius 2 is 2.29 bits per heavy atom. The molecule has 3 atom stereocenters. The van der Waals surface area contributed by atoms with Gasteiger partial charge in [-0.3, -0.25) is 4.79 Å². The molecule has 0 saturated carbocycles. The van der Waals surface area contributed by atoms with Crippen molar-refractivity contribution in [2.75, 3.05) is 6.54 Å². The van der Waals surface area contributed by atoms with Gasteiger partial charge in [0.05, 0.1) is 12.1 Å². The van der Waals surface area contributed by atoms with Crippen LogP contribution in [0.15, 0.2) is 24.3 Å². The lowest BCUT2D eigenvalue weighted by molar-refractivity contribution is -0.124. The molecule has 1 aliphatic heterocycles. The molecule has 1 aromatic rings. The summed E-state index contributed by atoms with van der Waals surface area (Å²) < 4.78 is 0. The zero-order valence-electron chi connectivity index (χ0n) is 12.9. The molecule has 1 amide bonds. The van der Waals surface area contributed by atoms with Crippen LogP contribution in [0.25, 0.3) is 0 Å². The van der Waals surface area contributed by atoms with Crippen LogP contribution in [0.3, 0.4) is 0 Å². The zero-order valence-corrected chi connectivity index (χ0v) is 13.6. The summed E-state index contributed by atoms with van der Waals surface area (Å²) >= 11 is 6.04. The van der Waals surface area contributed by atoms with Crippen LogP contribution in [-0.4, -0.2) is 18.5 Å². The van der Waals surface area contributed by atoms with Crippen LogP contribution in [0.5, 0.6) is 0 Å². The van der Waals surface area contributed by atoms with Crippen molar-refractivity contribution in [1.82, 2.24) is 10.6 Å². The van der Waals surface area contributed by atoms with Gasteiger partial charge in [0, 0.05) is 5.02 Å². The Morgan fingerprint density at radius 3 is 2.95 bits per heavy atom. The molecule has 3 nitrogen and oxygen atoms in total. The molecule has 2 rings (SSSR count). The Balaban J connectivity index is 1.99. The van der Waals surface area contributed by atoms with Gasteiger partial charge in [0.15, 0.2) is 0 Å². The first-order chi connectivity index (χ1) is 10.1. The highest BCUT2D eigenvalue weighted by Gasteiger charge is 2.27. The van der Waals surface area contributed by atoms with Crippen molar-refractivity contribution in [3.05, 3.63) is 34.9 Å². The van der Waals surface area contributed by atoms with Crippen molar-refractivity contribution in [3.63, 3.8) is 0 Å². The van der Waals surface area contributed by atoms with Crippen LogP contribution in [0.2, 0.25) is 5.02 Å². The van der Waals surface area contributed by atoms with Crippen LogP contribution in [0.4, 0.5) is 0 Å². The molecule has 1 fully saturated rings. The summed E-state index contributed by atoms with van der Waals surface area (Å²) in [6.07, 6.45) is 4.12. The second-order valence-electron chi connectivity index (χ2n) is 5.83. The summed E-state index contributed by atoms with van der Waals surface area (Å²) in [5.74, 6) is 0.772. The van der Waals surface area contributed by atoms with E-state index in [9.17, 15) is 4.79 Å². The topological polar surface area (TPSA) is 41.1 Å². The Kier molecular flexibility index (Phi) is 6.07. The Hall–Kier alpha value is -1.06. The van der Waals surface area contributed by atoms with Gasteiger partial charge in [0.1, 0.15) is 0 Å². The molecule has 4 heteroatoms. The van der Waals surface area contributed by atoms with Crippen molar-refractivity contribution in [2.24, 2.45) is 5.92 Å². The molecule has 0 bridgehead atoms. The fourth-order valence-electron chi connectivity index (χ4n) is 2.98. The molecule has 3 unspecified atom stereocenters. The van der Waals surface area contributed by atoms with Crippen LogP contribution in [0.1, 0.15) is 51.1 Å². The predicted octanol–water partition coefficient (Wildman–Crippen LogP) is 3.69. The minimum Gasteiger partial charge on any atom is -0.348 e. The van der Waals surface area contributed by atoms with Gasteiger partial charge in [-0.25, -0.2) is 0 Å². The second-order valence-corrected chi connectivity index (χ2v) is 6.27. The molecule has 1 aromatic carbocycles. The highest BCUT2D eigenvalue weighted by Crippen LogP contribution is 2.23. The summed E-state index contributed by atoms with van der Waals surface area (Å²) in [6, 6.07) is 7.70. The lowest BCUT2D eigenvalue weighted by Crippen LogP contribution is -2.49. The number of carbonyl (C=O) groups is 1. The monoisotopic (exact) mass is 308 g/mol. The molecule has 116 valence electrons. The second kappa shape index (κ2) is 7.81. The summed E-state index contributed by atoms with van der Waals surface area (Å²) in [7, 11) is 0. The molecule has 21 heavy (non-hydrogen) atoms. The lowest BCUT2D eigenvalue weighted by atomic mass is 9.90. The highest BCUT2D eigenvalue weighted by atomic mass is 35.5. The minimum absolute atomic E-state index is 0.0278. The van der Waals surface area contributed by atoms with E-state index in [4.69, 9.17) is 11.6 Å². The zero-order chi connectivity index (χ0) is 15.2. The van der Waals surface area contributed by atoms with Gasteiger partial charge in [-0.15, -0.1) is 0 Å². The van der Waals surface area contributed by atoms with Gasteiger partial charge in [-0.2, -0.15) is 0 Å². The van der Waals surface area contributed by atoms with Gasteiger partial charge in [0.2, 0.25) is 5.91 Å². The first-order valence-corrected chi connectivity index (χ1v) is 8.31. The Bertz CT molecular complexity index is 478. The summed E-state index contributed by atoms with van der Waals surface area (Å²) in [5.41, 5.74) is 1.07. The van der Waals surface area contributed by atoms with Crippen LogP contribution in [-0.2, 0) is 4.79 Å². The Morgan fingerprint density at radius 1 is 1.48 bits per heavy atom. The van der Waals surface area contributed by atoms with Crippen molar-refractivity contribution in [2.45, 2.75) is 51.6 Å². The van der Waals surface area contributed by atoms with Crippen LogP contribution in [0, 0.1) is 5.92 Å². The fraction of sp³-hybridized carbons (Fsp3) is 0.588. The standard InChI is InChI=1S/C17H25ClN2O/c1-3-12-8-9-19-16(10-12)17(21)20-15(4-2)13-6-5-7-14(18)11-13/h5-7,11-12,15-16,19H,3-4,8-10H2,1-2H3,(H,20,21). The maximum atomic E-state index is 12.5. The minimum atomic E-state index is -0.0584. The molecular formula is C17H25ClN2O. The maximum absolute atomic E-state index is 12.5. The van der Waals surface area contributed by atoms with Gasteiger partial charge in [-0.05, 0) is 49.4 Å². The van der Waals surface area contributed by atoms with E-state index in [0.29, 0.717) is 10.9 Å². The summed E-state index contributed by atoms with van der Waals surface area (Å²) in [5, 5.41) is 7.21. The number of benzene rings is 1. The highest BCUT2D eigenvalue weighted by molar-refractivity contribution is 6.30. The smallest absolute Gasteiger partial charge is 0.237 e. The van der Waals surface area contributed by atoms with Crippen LogP contribution >= 0.6 is 11.6 Å². The summed E-state index contributed by atoms with van der Waals surface area (Å²) in [4.78, 5) is 12.5.